The number of halogens is 2. The van der Waals surface area contributed by atoms with Gasteiger partial charge in [-0.3, -0.25) is 9.48 Å². The number of alkyl halides is 2. The van der Waals surface area contributed by atoms with Crippen molar-refractivity contribution in [2.45, 2.75) is 10.7 Å². The Morgan fingerprint density at radius 1 is 1.12 bits per heavy atom. The van der Waals surface area contributed by atoms with Crippen molar-refractivity contribution in [3.63, 3.8) is 0 Å². The summed E-state index contributed by atoms with van der Waals surface area (Å²) in [5, 5.41) is 10.0. The van der Waals surface area contributed by atoms with Gasteiger partial charge in [0.15, 0.2) is 5.82 Å². The Morgan fingerprint density at radius 3 is 2.50 bits per heavy atom. The molecule has 134 valence electrons. The molecule has 0 spiro atoms. The first-order valence-corrected chi connectivity index (χ1v) is 8.61. The molecule has 2 N–H and O–H groups in total. The maximum atomic E-state index is 12.5. The van der Waals surface area contributed by atoms with E-state index >= 15 is 0 Å². The SMILES string of the molecule is Cn1ccc(NC(=O)c2ccccc2Nc2ccc(SC(F)F)cc2)n1. The average molecular weight is 374 g/mol. The third-order valence-corrected chi connectivity index (χ3v) is 4.21. The van der Waals surface area contributed by atoms with E-state index < -0.39 is 5.76 Å². The Labute approximate surface area is 153 Å². The lowest BCUT2D eigenvalue weighted by Gasteiger charge is -2.12. The number of thioether (sulfide) groups is 1. The number of hydrogen-bond donors (Lipinski definition) is 2. The van der Waals surface area contributed by atoms with Crippen LogP contribution in [-0.4, -0.2) is 21.4 Å². The number of carbonyl (C=O) groups is 1. The maximum absolute atomic E-state index is 12.5. The molecule has 1 heterocycles. The number of hydrogen-bond acceptors (Lipinski definition) is 4. The van der Waals surface area contributed by atoms with Crippen molar-refractivity contribution in [3.8, 4) is 0 Å². The lowest BCUT2D eigenvalue weighted by atomic mass is 10.1. The average Bonchev–Trinajstić information content (AvgIpc) is 3.01. The second-order valence-corrected chi connectivity index (χ2v) is 6.47. The predicted molar refractivity (Wildman–Crippen MR) is 99.2 cm³/mol. The van der Waals surface area contributed by atoms with Crippen LogP contribution in [0.2, 0.25) is 0 Å². The number of nitrogens with one attached hydrogen (secondary N) is 2. The van der Waals surface area contributed by atoms with Gasteiger partial charge in [-0.15, -0.1) is 0 Å². The van der Waals surface area contributed by atoms with Crippen molar-refractivity contribution < 1.29 is 13.6 Å². The lowest BCUT2D eigenvalue weighted by Crippen LogP contribution is -2.14. The van der Waals surface area contributed by atoms with Crippen LogP contribution in [0.25, 0.3) is 0 Å². The van der Waals surface area contributed by atoms with Gasteiger partial charge >= 0.3 is 0 Å². The first-order chi connectivity index (χ1) is 12.5. The Morgan fingerprint density at radius 2 is 1.85 bits per heavy atom. The van der Waals surface area contributed by atoms with E-state index in [1.165, 1.54) is 0 Å². The summed E-state index contributed by atoms with van der Waals surface area (Å²) in [6, 6.07) is 15.3. The second-order valence-electron chi connectivity index (χ2n) is 5.40. The Bertz CT molecular complexity index is 896. The van der Waals surface area contributed by atoms with Gasteiger partial charge in [-0.05, 0) is 36.4 Å². The quantitative estimate of drug-likeness (QED) is 0.613. The first kappa shape index (κ1) is 17.9. The summed E-state index contributed by atoms with van der Waals surface area (Å²) in [6.07, 6.45) is 1.73. The van der Waals surface area contributed by atoms with E-state index in [4.69, 9.17) is 0 Å². The van der Waals surface area contributed by atoms with Crippen LogP contribution in [0.15, 0.2) is 65.7 Å². The summed E-state index contributed by atoms with van der Waals surface area (Å²) in [4.78, 5) is 13.0. The van der Waals surface area contributed by atoms with Crippen molar-refractivity contribution in [2.75, 3.05) is 10.6 Å². The number of anilines is 3. The van der Waals surface area contributed by atoms with E-state index in [0.29, 0.717) is 39.4 Å². The van der Waals surface area contributed by atoms with Gasteiger partial charge in [0.05, 0.1) is 11.3 Å². The van der Waals surface area contributed by atoms with Gasteiger partial charge in [0.25, 0.3) is 11.7 Å². The smallest absolute Gasteiger partial charge is 0.288 e. The highest BCUT2D eigenvalue weighted by atomic mass is 32.2. The van der Waals surface area contributed by atoms with Gasteiger partial charge in [-0.1, -0.05) is 23.9 Å². The highest BCUT2D eigenvalue weighted by Gasteiger charge is 2.13. The van der Waals surface area contributed by atoms with Crippen LogP contribution in [0.3, 0.4) is 0 Å². The molecule has 0 unspecified atom stereocenters. The molecular formula is C18H16F2N4OS. The van der Waals surface area contributed by atoms with Gasteiger partial charge in [0.2, 0.25) is 0 Å². The minimum absolute atomic E-state index is 0.295. The van der Waals surface area contributed by atoms with Crippen molar-refractivity contribution in [1.82, 2.24) is 9.78 Å². The summed E-state index contributed by atoms with van der Waals surface area (Å²) in [6.45, 7) is 0. The molecule has 0 atom stereocenters. The molecule has 0 saturated heterocycles. The van der Waals surface area contributed by atoms with Crippen LogP contribution in [0, 0.1) is 0 Å². The molecule has 1 amide bonds. The largest absolute Gasteiger partial charge is 0.355 e. The Balaban J connectivity index is 1.75. The number of carbonyl (C=O) groups excluding carboxylic acids is 1. The van der Waals surface area contributed by atoms with Crippen molar-refractivity contribution in [2.24, 2.45) is 7.05 Å². The van der Waals surface area contributed by atoms with Gasteiger partial charge in [0, 0.05) is 29.9 Å². The van der Waals surface area contributed by atoms with Crippen LogP contribution in [0.5, 0.6) is 0 Å². The molecule has 0 radical (unpaired) electrons. The molecule has 3 rings (SSSR count). The molecule has 2 aromatic carbocycles. The number of aryl methyl sites for hydroxylation is 1. The van der Waals surface area contributed by atoms with E-state index in [-0.39, 0.29) is 5.91 Å². The molecule has 0 aliphatic heterocycles. The first-order valence-electron chi connectivity index (χ1n) is 7.73. The fourth-order valence-corrected chi connectivity index (χ4v) is 2.83. The van der Waals surface area contributed by atoms with Gasteiger partial charge in [-0.25, -0.2) is 0 Å². The van der Waals surface area contributed by atoms with Crippen LogP contribution in [-0.2, 0) is 7.05 Å². The molecule has 0 aliphatic rings. The maximum Gasteiger partial charge on any atom is 0.288 e. The summed E-state index contributed by atoms with van der Waals surface area (Å²) in [7, 11) is 1.77. The standard InChI is InChI=1S/C18H16F2N4OS/c1-24-11-10-16(23-24)22-17(25)14-4-2-3-5-15(14)21-12-6-8-13(9-7-12)26-18(19)20/h2-11,18,21H,1H3,(H,22,23,25). The molecule has 0 fully saturated rings. The van der Waals surface area contributed by atoms with Crippen molar-refractivity contribution >= 4 is 34.9 Å². The Hall–Kier alpha value is -2.87. The molecule has 5 nitrogen and oxygen atoms in total. The molecule has 0 bridgehead atoms. The fraction of sp³-hybridized carbons (Fsp3) is 0.111. The van der Waals surface area contributed by atoms with E-state index in [1.807, 2.05) is 0 Å². The minimum atomic E-state index is -2.45. The zero-order valence-corrected chi connectivity index (χ0v) is 14.6. The topological polar surface area (TPSA) is 59.0 Å². The third kappa shape index (κ3) is 4.60. The van der Waals surface area contributed by atoms with E-state index in [9.17, 15) is 13.6 Å². The molecule has 8 heteroatoms. The number of nitrogens with zero attached hydrogens (tertiary/aromatic N) is 2. The highest BCUT2D eigenvalue weighted by molar-refractivity contribution is 7.99. The molecule has 0 saturated carbocycles. The van der Waals surface area contributed by atoms with E-state index in [1.54, 1.807) is 72.5 Å². The van der Waals surface area contributed by atoms with Gasteiger partial charge < -0.3 is 10.6 Å². The van der Waals surface area contributed by atoms with Crippen LogP contribution < -0.4 is 10.6 Å². The summed E-state index contributed by atoms with van der Waals surface area (Å²) in [5.74, 6) is -2.29. The van der Waals surface area contributed by atoms with E-state index in [0.717, 1.165) is 0 Å². The molecule has 26 heavy (non-hydrogen) atoms. The zero-order valence-electron chi connectivity index (χ0n) is 13.8. The number of aromatic nitrogens is 2. The summed E-state index contributed by atoms with van der Waals surface area (Å²) in [5.41, 5.74) is 1.75. The van der Waals surface area contributed by atoms with Gasteiger partial charge in [0.1, 0.15) is 0 Å². The van der Waals surface area contributed by atoms with Crippen molar-refractivity contribution in [1.29, 1.82) is 0 Å². The summed E-state index contributed by atoms with van der Waals surface area (Å²) < 4.78 is 26.4. The normalized spacial score (nSPS) is 10.8. The van der Waals surface area contributed by atoms with Crippen LogP contribution in [0.4, 0.5) is 26.0 Å². The van der Waals surface area contributed by atoms with Gasteiger partial charge in [-0.2, -0.15) is 13.9 Å². The number of benzene rings is 2. The number of amides is 1. The molecular weight excluding hydrogens is 358 g/mol. The predicted octanol–water partition coefficient (Wildman–Crippen LogP) is 4.73. The Kier molecular flexibility index (Phi) is 5.52. The van der Waals surface area contributed by atoms with E-state index in [2.05, 4.69) is 15.7 Å². The van der Waals surface area contributed by atoms with Crippen LogP contribution in [0.1, 0.15) is 10.4 Å². The molecule has 0 aliphatic carbocycles. The second kappa shape index (κ2) is 8.01. The number of para-hydroxylation sites is 1. The monoisotopic (exact) mass is 374 g/mol. The minimum Gasteiger partial charge on any atom is -0.355 e. The molecule has 1 aromatic heterocycles. The highest BCUT2D eigenvalue weighted by Crippen LogP contribution is 2.28. The zero-order chi connectivity index (χ0) is 18.5. The fourth-order valence-electron chi connectivity index (χ4n) is 2.33. The summed E-state index contributed by atoms with van der Waals surface area (Å²) >= 11 is 0.491. The molecule has 3 aromatic rings. The lowest BCUT2D eigenvalue weighted by molar-refractivity contribution is 0.102. The van der Waals surface area contributed by atoms with Crippen molar-refractivity contribution in [3.05, 3.63) is 66.4 Å². The third-order valence-electron chi connectivity index (χ3n) is 3.49. The van der Waals surface area contributed by atoms with Crippen LogP contribution >= 0.6 is 11.8 Å². The number of rotatable bonds is 6.